The highest BCUT2D eigenvalue weighted by Crippen LogP contribution is 2.20. The molecule has 2 rings (SSSR count). The molecule has 0 bridgehead atoms. The van der Waals surface area contributed by atoms with Crippen LogP contribution in [0.25, 0.3) is 0 Å². The monoisotopic (exact) mass is 379 g/mol. The fraction of sp³-hybridized carbons (Fsp3) is 0.278. The first-order valence-corrected chi connectivity index (χ1v) is 8.30. The minimum Gasteiger partial charge on any atom is -0.481 e. The molecule has 23 heavy (non-hydrogen) atoms. The number of anilines is 1. The van der Waals surface area contributed by atoms with Crippen molar-refractivity contribution >= 4 is 27.5 Å². The molecule has 5 heteroatoms. The van der Waals surface area contributed by atoms with Crippen LogP contribution in [0.5, 0.6) is 5.75 Å². The van der Waals surface area contributed by atoms with E-state index in [1.165, 1.54) is 17.7 Å². The smallest absolute Gasteiger partial charge is 0.265 e. The Labute approximate surface area is 144 Å². The van der Waals surface area contributed by atoms with E-state index >= 15 is 0 Å². The van der Waals surface area contributed by atoms with E-state index in [-0.39, 0.29) is 5.69 Å². The van der Waals surface area contributed by atoms with Crippen molar-refractivity contribution in [3.05, 3.63) is 58.3 Å². The first kappa shape index (κ1) is 17.5. The van der Waals surface area contributed by atoms with Gasteiger partial charge in [-0.05, 0) is 49.2 Å². The van der Waals surface area contributed by atoms with Gasteiger partial charge >= 0.3 is 0 Å². The second kappa shape index (κ2) is 8.11. The molecule has 1 amide bonds. The summed E-state index contributed by atoms with van der Waals surface area (Å²) >= 11 is 3.18. The van der Waals surface area contributed by atoms with Gasteiger partial charge in [0.05, 0.1) is 5.69 Å². The molecule has 3 nitrogen and oxygen atoms in total. The lowest BCUT2D eigenvalue weighted by atomic mass is 10.1. The number of hydrogen-bond donors (Lipinski definition) is 1. The summed E-state index contributed by atoms with van der Waals surface area (Å²) in [5, 5.41) is 2.53. The van der Waals surface area contributed by atoms with Crippen molar-refractivity contribution in [3.8, 4) is 5.75 Å². The molecule has 1 N–H and O–H groups in total. The topological polar surface area (TPSA) is 38.3 Å². The molecule has 0 fully saturated rings. The Morgan fingerprint density at radius 2 is 1.96 bits per heavy atom. The number of ether oxygens (including phenoxy) is 1. The number of rotatable bonds is 6. The quantitative estimate of drug-likeness (QED) is 0.771. The highest BCUT2D eigenvalue weighted by molar-refractivity contribution is 9.10. The van der Waals surface area contributed by atoms with Gasteiger partial charge < -0.3 is 10.1 Å². The van der Waals surface area contributed by atoms with E-state index in [4.69, 9.17) is 4.74 Å². The fourth-order valence-electron chi connectivity index (χ4n) is 2.11. The summed E-state index contributed by atoms with van der Waals surface area (Å²) in [5.41, 5.74) is 1.36. The van der Waals surface area contributed by atoms with Crippen molar-refractivity contribution in [2.24, 2.45) is 0 Å². The standard InChI is InChI=1S/C18H19BrFNO2/c1-3-4-13-5-8-15(9-6-13)23-12(2)18(22)21-17-10-7-14(19)11-16(17)20/h5-12H,3-4H2,1-2H3,(H,21,22). The Morgan fingerprint density at radius 3 is 2.57 bits per heavy atom. The first-order chi connectivity index (χ1) is 11.0. The van der Waals surface area contributed by atoms with Crippen molar-refractivity contribution in [1.29, 1.82) is 0 Å². The molecule has 0 aliphatic carbocycles. The number of carbonyl (C=O) groups excluding carboxylic acids is 1. The molecule has 1 atom stereocenters. The Kier molecular flexibility index (Phi) is 6.16. The van der Waals surface area contributed by atoms with Crippen molar-refractivity contribution in [2.75, 3.05) is 5.32 Å². The predicted octanol–water partition coefficient (Wildman–Crippen LogP) is 4.95. The van der Waals surface area contributed by atoms with Crippen LogP contribution in [0.4, 0.5) is 10.1 Å². The zero-order chi connectivity index (χ0) is 16.8. The van der Waals surface area contributed by atoms with Crippen LogP contribution in [0, 0.1) is 5.82 Å². The van der Waals surface area contributed by atoms with Gasteiger partial charge in [0.25, 0.3) is 5.91 Å². The SMILES string of the molecule is CCCc1ccc(OC(C)C(=O)Nc2ccc(Br)cc2F)cc1. The van der Waals surface area contributed by atoms with Gasteiger partial charge in [-0.2, -0.15) is 0 Å². The van der Waals surface area contributed by atoms with Gasteiger partial charge in [-0.15, -0.1) is 0 Å². The van der Waals surface area contributed by atoms with E-state index < -0.39 is 17.8 Å². The van der Waals surface area contributed by atoms with Crippen LogP contribution in [0.15, 0.2) is 46.9 Å². The third-order valence-electron chi connectivity index (χ3n) is 3.33. The zero-order valence-corrected chi connectivity index (χ0v) is 14.7. The fourth-order valence-corrected chi connectivity index (χ4v) is 2.44. The van der Waals surface area contributed by atoms with Crippen molar-refractivity contribution in [3.63, 3.8) is 0 Å². The van der Waals surface area contributed by atoms with Gasteiger partial charge in [-0.1, -0.05) is 41.4 Å². The molecule has 2 aromatic carbocycles. The molecule has 0 saturated carbocycles. The second-order valence-corrected chi connectivity index (χ2v) is 6.18. The number of nitrogens with one attached hydrogen (secondary N) is 1. The summed E-state index contributed by atoms with van der Waals surface area (Å²) in [4.78, 5) is 12.1. The van der Waals surface area contributed by atoms with E-state index in [9.17, 15) is 9.18 Å². The van der Waals surface area contributed by atoms with Gasteiger partial charge in [0.1, 0.15) is 11.6 Å². The molecule has 0 saturated heterocycles. The number of halogens is 2. The van der Waals surface area contributed by atoms with Crippen LogP contribution in [-0.4, -0.2) is 12.0 Å². The molecule has 0 aliphatic rings. The number of hydrogen-bond acceptors (Lipinski definition) is 2. The van der Waals surface area contributed by atoms with Crippen molar-refractivity contribution in [1.82, 2.24) is 0 Å². The van der Waals surface area contributed by atoms with Gasteiger partial charge in [0.2, 0.25) is 0 Å². The molecule has 1 unspecified atom stereocenters. The molecule has 2 aromatic rings. The van der Waals surface area contributed by atoms with Crippen LogP contribution in [0.2, 0.25) is 0 Å². The highest BCUT2D eigenvalue weighted by atomic mass is 79.9. The summed E-state index contributed by atoms with van der Waals surface area (Å²) in [6.45, 7) is 3.75. The highest BCUT2D eigenvalue weighted by Gasteiger charge is 2.16. The van der Waals surface area contributed by atoms with Crippen molar-refractivity contribution in [2.45, 2.75) is 32.8 Å². The van der Waals surface area contributed by atoms with E-state index in [1.54, 1.807) is 13.0 Å². The minimum absolute atomic E-state index is 0.131. The third kappa shape index (κ3) is 5.06. The molecule has 0 aromatic heterocycles. The number of carbonyl (C=O) groups is 1. The number of benzene rings is 2. The maximum absolute atomic E-state index is 13.7. The number of aryl methyl sites for hydroxylation is 1. The maximum atomic E-state index is 13.7. The Balaban J connectivity index is 1.96. The molecule has 0 heterocycles. The summed E-state index contributed by atoms with van der Waals surface area (Å²) in [6.07, 6.45) is 1.37. The van der Waals surface area contributed by atoms with E-state index in [2.05, 4.69) is 28.2 Å². The van der Waals surface area contributed by atoms with Gasteiger partial charge in [-0.25, -0.2) is 4.39 Å². The molecule has 0 aliphatic heterocycles. The molecular formula is C18H19BrFNO2. The predicted molar refractivity (Wildman–Crippen MR) is 93.3 cm³/mol. The van der Waals surface area contributed by atoms with Gasteiger partial charge in [-0.3, -0.25) is 4.79 Å². The van der Waals surface area contributed by atoms with Gasteiger partial charge in [0, 0.05) is 4.47 Å². The normalized spacial score (nSPS) is 11.8. The summed E-state index contributed by atoms with van der Waals surface area (Å²) in [7, 11) is 0. The second-order valence-electron chi connectivity index (χ2n) is 5.27. The third-order valence-corrected chi connectivity index (χ3v) is 3.83. The van der Waals surface area contributed by atoms with Crippen LogP contribution < -0.4 is 10.1 Å². The average Bonchev–Trinajstić information content (AvgIpc) is 2.52. The Hall–Kier alpha value is -1.88. The Morgan fingerprint density at radius 1 is 1.26 bits per heavy atom. The van der Waals surface area contributed by atoms with E-state index in [0.29, 0.717) is 10.2 Å². The number of amides is 1. The molecule has 0 spiro atoms. The van der Waals surface area contributed by atoms with E-state index in [1.807, 2.05) is 24.3 Å². The molecular weight excluding hydrogens is 361 g/mol. The van der Waals surface area contributed by atoms with Crippen LogP contribution in [0.3, 0.4) is 0 Å². The van der Waals surface area contributed by atoms with Crippen LogP contribution >= 0.6 is 15.9 Å². The summed E-state index contributed by atoms with van der Waals surface area (Å²) in [6, 6.07) is 12.1. The van der Waals surface area contributed by atoms with E-state index in [0.717, 1.165) is 12.8 Å². The Bertz CT molecular complexity index is 673. The van der Waals surface area contributed by atoms with Gasteiger partial charge in [0.15, 0.2) is 6.10 Å². The average molecular weight is 380 g/mol. The summed E-state index contributed by atoms with van der Waals surface area (Å²) < 4.78 is 19.9. The first-order valence-electron chi connectivity index (χ1n) is 7.51. The zero-order valence-electron chi connectivity index (χ0n) is 13.1. The molecule has 0 radical (unpaired) electrons. The lowest BCUT2D eigenvalue weighted by Crippen LogP contribution is -2.30. The lowest BCUT2D eigenvalue weighted by molar-refractivity contribution is -0.122. The van der Waals surface area contributed by atoms with Crippen molar-refractivity contribution < 1.29 is 13.9 Å². The largest absolute Gasteiger partial charge is 0.481 e. The van der Waals surface area contributed by atoms with Crippen LogP contribution in [0.1, 0.15) is 25.8 Å². The minimum atomic E-state index is -0.727. The lowest BCUT2D eigenvalue weighted by Gasteiger charge is -2.15. The maximum Gasteiger partial charge on any atom is 0.265 e. The van der Waals surface area contributed by atoms with Crippen LogP contribution in [-0.2, 0) is 11.2 Å². The summed E-state index contributed by atoms with van der Waals surface area (Å²) in [5.74, 6) is -0.281. The molecule has 122 valence electrons.